The Balaban J connectivity index is 1.76. The summed E-state index contributed by atoms with van der Waals surface area (Å²) in [4.78, 5) is 31.2. The number of piperidine rings is 1. The van der Waals surface area contributed by atoms with Gasteiger partial charge < -0.3 is 10.2 Å². The van der Waals surface area contributed by atoms with Gasteiger partial charge in [0.05, 0.1) is 0 Å². The first kappa shape index (κ1) is 21.8. The van der Waals surface area contributed by atoms with Gasteiger partial charge >= 0.3 is 0 Å². The van der Waals surface area contributed by atoms with Crippen LogP contribution < -0.4 is 5.32 Å². The van der Waals surface area contributed by atoms with E-state index in [4.69, 9.17) is 0 Å². The monoisotopic (exact) mass is 399 g/mol. The van der Waals surface area contributed by atoms with Gasteiger partial charge in [0.15, 0.2) is 0 Å². The van der Waals surface area contributed by atoms with E-state index in [1.165, 1.54) is 5.56 Å². The van der Waals surface area contributed by atoms with E-state index in [2.05, 4.69) is 62.2 Å². The summed E-state index contributed by atoms with van der Waals surface area (Å²) < 4.78 is 0. The van der Waals surface area contributed by atoms with Crippen LogP contribution in [-0.2, 0) is 16.1 Å². The van der Waals surface area contributed by atoms with Crippen molar-refractivity contribution >= 4 is 11.8 Å². The average Bonchev–Trinajstić information content (AvgIpc) is 2.72. The first-order valence-corrected chi connectivity index (χ1v) is 11.3. The van der Waals surface area contributed by atoms with E-state index in [9.17, 15) is 9.59 Å². The van der Waals surface area contributed by atoms with Crippen molar-refractivity contribution in [3.63, 3.8) is 0 Å². The van der Waals surface area contributed by atoms with Crippen molar-refractivity contribution in [2.45, 2.75) is 71.5 Å². The molecule has 2 atom stereocenters. The number of unbranched alkanes of at least 4 members (excludes halogenated alkanes) is 1. The lowest BCUT2D eigenvalue weighted by Crippen LogP contribution is -2.74. The Morgan fingerprint density at radius 1 is 1.10 bits per heavy atom. The summed E-state index contributed by atoms with van der Waals surface area (Å²) in [6.07, 6.45) is 3.39. The molecule has 5 nitrogen and oxygen atoms in total. The molecule has 2 heterocycles. The maximum Gasteiger partial charge on any atom is 0.246 e. The van der Waals surface area contributed by atoms with Crippen LogP contribution in [0.2, 0.25) is 0 Å². The van der Waals surface area contributed by atoms with Crippen molar-refractivity contribution in [3.8, 4) is 0 Å². The van der Waals surface area contributed by atoms with Gasteiger partial charge in [-0.25, -0.2) is 0 Å². The van der Waals surface area contributed by atoms with E-state index in [0.717, 1.165) is 32.5 Å². The zero-order chi connectivity index (χ0) is 21.0. The molecule has 0 unspecified atom stereocenters. The second kappa shape index (κ2) is 9.29. The molecule has 2 amide bonds. The molecule has 5 heteroatoms. The molecule has 1 aromatic rings. The van der Waals surface area contributed by atoms with Gasteiger partial charge in [0, 0.05) is 26.2 Å². The van der Waals surface area contributed by atoms with Gasteiger partial charge in [-0.2, -0.15) is 0 Å². The first-order valence-electron chi connectivity index (χ1n) is 11.3. The highest BCUT2D eigenvalue weighted by Crippen LogP contribution is 2.35. The fourth-order valence-electron chi connectivity index (χ4n) is 4.64. The molecule has 0 saturated carbocycles. The van der Waals surface area contributed by atoms with Crippen molar-refractivity contribution in [2.75, 3.05) is 19.6 Å². The minimum atomic E-state index is -0.674. The highest BCUT2D eigenvalue weighted by Gasteiger charge is 2.54. The fraction of sp³-hybridized carbons (Fsp3) is 0.667. The van der Waals surface area contributed by atoms with Crippen LogP contribution in [0, 0.1) is 11.8 Å². The van der Waals surface area contributed by atoms with Gasteiger partial charge in [-0.3, -0.25) is 14.5 Å². The highest BCUT2D eigenvalue weighted by molar-refractivity contribution is 6.00. The van der Waals surface area contributed by atoms with Gasteiger partial charge in [-0.1, -0.05) is 64.4 Å². The Kier molecular flexibility index (Phi) is 6.99. The molecule has 1 spiro atoms. The van der Waals surface area contributed by atoms with Gasteiger partial charge in [-0.05, 0) is 36.7 Å². The molecule has 1 aromatic carbocycles. The quantitative estimate of drug-likeness (QED) is 0.764. The van der Waals surface area contributed by atoms with Gasteiger partial charge in [0.1, 0.15) is 11.6 Å². The van der Waals surface area contributed by atoms with E-state index in [-0.39, 0.29) is 17.7 Å². The van der Waals surface area contributed by atoms with Gasteiger partial charge in [0.2, 0.25) is 11.8 Å². The van der Waals surface area contributed by atoms with Crippen molar-refractivity contribution in [1.29, 1.82) is 0 Å². The van der Waals surface area contributed by atoms with Crippen molar-refractivity contribution in [2.24, 2.45) is 11.8 Å². The largest absolute Gasteiger partial charge is 0.342 e. The number of piperazine rings is 1. The summed E-state index contributed by atoms with van der Waals surface area (Å²) in [6, 6.07) is 10.1. The molecule has 2 aliphatic heterocycles. The Labute approximate surface area is 175 Å². The molecular formula is C24H37N3O2. The molecule has 0 aliphatic carbocycles. The fourth-order valence-corrected chi connectivity index (χ4v) is 4.64. The number of amides is 2. The van der Waals surface area contributed by atoms with Gasteiger partial charge in [0.25, 0.3) is 0 Å². The molecule has 29 heavy (non-hydrogen) atoms. The van der Waals surface area contributed by atoms with Crippen LogP contribution in [0.1, 0.15) is 58.9 Å². The lowest BCUT2D eigenvalue weighted by atomic mass is 9.78. The third-order valence-electron chi connectivity index (χ3n) is 7.00. The summed E-state index contributed by atoms with van der Waals surface area (Å²) in [5, 5.41) is 3.13. The Morgan fingerprint density at radius 3 is 2.34 bits per heavy atom. The first-order chi connectivity index (χ1) is 13.9. The second-order valence-electron chi connectivity index (χ2n) is 9.19. The molecule has 0 bridgehead atoms. The van der Waals surface area contributed by atoms with Crippen LogP contribution in [0.4, 0.5) is 0 Å². The molecule has 2 aliphatic rings. The van der Waals surface area contributed by atoms with Crippen LogP contribution in [-0.4, -0.2) is 52.8 Å². The highest BCUT2D eigenvalue weighted by atomic mass is 16.2. The summed E-state index contributed by atoms with van der Waals surface area (Å²) in [6.45, 7) is 11.7. The van der Waals surface area contributed by atoms with Crippen LogP contribution in [0.25, 0.3) is 0 Å². The summed E-state index contributed by atoms with van der Waals surface area (Å²) in [7, 11) is 0. The molecule has 160 valence electrons. The molecular weight excluding hydrogens is 362 g/mol. The normalized spacial score (nSPS) is 23.5. The summed E-state index contributed by atoms with van der Waals surface area (Å²) in [5.41, 5.74) is 0.619. The van der Waals surface area contributed by atoms with Crippen LogP contribution in [0.15, 0.2) is 30.3 Å². The molecule has 2 fully saturated rings. The third-order valence-corrected chi connectivity index (χ3v) is 7.00. The Morgan fingerprint density at radius 2 is 1.76 bits per heavy atom. The molecule has 2 saturated heterocycles. The van der Waals surface area contributed by atoms with E-state index in [1.54, 1.807) is 0 Å². The summed E-state index contributed by atoms with van der Waals surface area (Å²) >= 11 is 0. The molecule has 0 aromatic heterocycles. The number of rotatable bonds is 7. The van der Waals surface area contributed by atoms with Crippen LogP contribution in [0.5, 0.6) is 0 Å². The van der Waals surface area contributed by atoms with E-state index < -0.39 is 11.6 Å². The molecule has 0 radical (unpaired) electrons. The summed E-state index contributed by atoms with van der Waals surface area (Å²) in [5.74, 6) is 0.658. The predicted molar refractivity (Wildman–Crippen MR) is 116 cm³/mol. The number of carbonyl (C=O) groups is 2. The number of hydrogen-bond acceptors (Lipinski definition) is 3. The second-order valence-corrected chi connectivity index (χ2v) is 9.19. The number of likely N-dealkylation sites (tertiary alicyclic amines) is 1. The number of benzene rings is 1. The number of hydrogen-bond donors (Lipinski definition) is 1. The van der Waals surface area contributed by atoms with Crippen molar-refractivity contribution in [3.05, 3.63) is 35.9 Å². The third kappa shape index (κ3) is 4.50. The van der Waals surface area contributed by atoms with Crippen molar-refractivity contribution in [1.82, 2.24) is 15.1 Å². The standard InChI is InChI=1S/C24H37N3O2/c1-5-6-14-27-22(28)21(19(4)18(2)3)25-23(29)24(27)12-15-26(16-13-24)17-20-10-8-7-9-11-20/h7-11,18-19,21H,5-6,12-17H2,1-4H3,(H,25,29)/t19-,21-/m1/s1. The van der Waals surface area contributed by atoms with E-state index >= 15 is 0 Å². The minimum Gasteiger partial charge on any atom is -0.342 e. The topological polar surface area (TPSA) is 52.7 Å². The number of nitrogens with zero attached hydrogens (tertiary/aromatic N) is 2. The lowest BCUT2D eigenvalue weighted by molar-refractivity contribution is -0.163. The smallest absolute Gasteiger partial charge is 0.246 e. The zero-order valence-corrected chi connectivity index (χ0v) is 18.5. The SMILES string of the molecule is CCCCN1C(=O)[C@@H]([C@H](C)C(C)C)NC(=O)C12CCN(Cc1ccccc1)CC2. The lowest BCUT2D eigenvalue weighted by Gasteiger charge is -2.52. The van der Waals surface area contributed by atoms with Crippen LogP contribution in [0.3, 0.4) is 0 Å². The number of nitrogens with one attached hydrogen (secondary N) is 1. The average molecular weight is 400 g/mol. The maximum absolute atomic E-state index is 13.5. The van der Waals surface area contributed by atoms with Gasteiger partial charge in [-0.15, -0.1) is 0 Å². The van der Waals surface area contributed by atoms with Crippen LogP contribution >= 0.6 is 0 Å². The van der Waals surface area contributed by atoms with Crippen molar-refractivity contribution < 1.29 is 9.59 Å². The van der Waals surface area contributed by atoms with E-state index in [0.29, 0.717) is 25.3 Å². The number of carbonyl (C=O) groups excluding carboxylic acids is 2. The predicted octanol–water partition coefficient (Wildman–Crippen LogP) is 3.44. The zero-order valence-electron chi connectivity index (χ0n) is 18.5. The Hall–Kier alpha value is -1.88. The molecule has 3 rings (SSSR count). The van der Waals surface area contributed by atoms with E-state index in [1.807, 2.05) is 11.0 Å². The maximum atomic E-state index is 13.5. The Bertz CT molecular complexity index is 695. The minimum absolute atomic E-state index is 0.0602. The molecule has 1 N–H and O–H groups in total.